The number of benzene rings is 3. The standard InChI is InChI=1S/C23H23O3P/c1-17(24)20-12-6-7-13-21(20)27-22-14-8-11-19(23(22)26-16-25-2)15-18-9-4-3-5-10-18/h3-14,27H,15-16H2,1-2H3. The first-order chi connectivity index (χ1) is 13.2. The molecule has 27 heavy (non-hydrogen) atoms. The lowest BCUT2D eigenvalue weighted by molar-refractivity contribution is 0.0513. The van der Waals surface area contributed by atoms with E-state index < -0.39 is 0 Å². The van der Waals surface area contributed by atoms with Crippen molar-refractivity contribution in [3.8, 4) is 5.75 Å². The molecule has 1 unspecified atom stereocenters. The average Bonchev–Trinajstić information content (AvgIpc) is 2.68. The first-order valence-corrected chi connectivity index (χ1v) is 9.83. The SMILES string of the molecule is COCOc1c(Cc2ccccc2)cccc1Pc1ccccc1C(C)=O. The van der Waals surface area contributed by atoms with Crippen molar-refractivity contribution < 1.29 is 14.3 Å². The minimum atomic E-state index is 0.0814. The van der Waals surface area contributed by atoms with Crippen LogP contribution >= 0.6 is 8.58 Å². The van der Waals surface area contributed by atoms with Crippen LogP contribution in [0.2, 0.25) is 0 Å². The summed E-state index contributed by atoms with van der Waals surface area (Å²) in [5.41, 5.74) is 3.11. The van der Waals surface area contributed by atoms with Gasteiger partial charge in [0.05, 0.1) is 0 Å². The van der Waals surface area contributed by atoms with Gasteiger partial charge in [-0.1, -0.05) is 81.4 Å². The minimum absolute atomic E-state index is 0.0814. The van der Waals surface area contributed by atoms with Gasteiger partial charge in [0.2, 0.25) is 0 Å². The molecule has 3 aromatic carbocycles. The van der Waals surface area contributed by atoms with Crippen LogP contribution in [0.3, 0.4) is 0 Å². The highest BCUT2D eigenvalue weighted by atomic mass is 31.1. The maximum absolute atomic E-state index is 12.0. The van der Waals surface area contributed by atoms with Crippen molar-refractivity contribution in [3.63, 3.8) is 0 Å². The van der Waals surface area contributed by atoms with E-state index in [0.717, 1.165) is 33.9 Å². The molecule has 0 aliphatic rings. The van der Waals surface area contributed by atoms with Crippen molar-refractivity contribution in [2.24, 2.45) is 0 Å². The molecule has 0 radical (unpaired) electrons. The van der Waals surface area contributed by atoms with Crippen molar-refractivity contribution in [1.29, 1.82) is 0 Å². The van der Waals surface area contributed by atoms with E-state index >= 15 is 0 Å². The van der Waals surface area contributed by atoms with E-state index in [1.54, 1.807) is 14.0 Å². The maximum atomic E-state index is 12.0. The van der Waals surface area contributed by atoms with Gasteiger partial charge >= 0.3 is 0 Å². The van der Waals surface area contributed by atoms with E-state index in [-0.39, 0.29) is 12.6 Å². The summed E-state index contributed by atoms with van der Waals surface area (Å²) in [5.74, 6) is 0.929. The van der Waals surface area contributed by atoms with Gasteiger partial charge in [0.15, 0.2) is 12.6 Å². The number of methoxy groups -OCH3 is 1. The summed E-state index contributed by atoms with van der Waals surface area (Å²) in [5, 5.41) is 2.11. The minimum Gasteiger partial charge on any atom is -0.467 e. The Kier molecular flexibility index (Phi) is 6.75. The summed E-state index contributed by atoms with van der Waals surface area (Å²) in [7, 11) is 1.95. The van der Waals surface area contributed by atoms with Crippen LogP contribution in [0.4, 0.5) is 0 Å². The summed E-state index contributed by atoms with van der Waals surface area (Å²) >= 11 is 0. The van der Waals surface area contributed by atoms with Crippen LogP contribution in [0.15, 0.2) is 72.8 Å². The largest absolute Gasteiger partial charge is 0.467 e. The Bertz CT molecular complexity index is 907. The molecule has 3 aromatic rings. The van der Waals surface area contributed by atoms with E-state index in [4.69, 9.17) is 9.47 Å². The molecular formula is C23H23O3P. The van der Waals surface area contributed by atoms with Gasteiger partial charge in [-0.15, -0.1) is 0 Å². The van der Waals surface area contributed by atoms with Crippen LogP contribution < -0.4 is 15.3 Å². The molecule has 0 aromatic heterocycles. The fourth-order valence-corrected chi connectivity index (χ4v) is 4.36. The Morgan fingerprint density at radius 2 is 1.59 bits per heavy atom. The Morgan fingerprint density at radius 3 is 2.33 bits per heavy atom. The Morgan fingerprint density at radius 1 is 0.889 bits per heavy atom. The highest BCUT2D eigenvalue weighted by Gasteiger charge is 2.14. The zero-order chi connectivity index (χ0) is 19.1. The molecule has 0 amide bonds. The lowest BCUT2D eigenvalue weighted by Gasteiger charge is -2.16. The van der Waals surface area contributed by atoms with Gasteiger partial charge < -0.3 is 9.47 Å². The zero-order valence-corrected chi connectivity index (χ0v) is 16.6. The van der Waals surface area contributed by atoms with Crippen LogP contribution in [-0.4, -0.2) is 19.7 Å². The molecular weight excluding hydrogens is 355 g/mol. The number of ketones is 1. The van der Waals surface area contributed by atoms with Crippen molar-refractivity contribution in [3.05, 3.63) is 89.5 Å². The number of para-hydroxylation sites is 1. The monoisotopic (exact) mass is 378 g/mol. The fourth-order valence-electron chi connectivity index (χ4n) is 2.97. The lowest BCUT2D eigenvalue weighted by Crippen LogP contribution is -2.16. The molecule has 0 aliphatic carbocycles. The third-order valence-electron chi connectivity index (χ3n) is 4.23. The number of hydrogen-bond acceptors (Lipinski definition) is 3. The predicted molar refractivity (Wildman–Crippen MR) is 112 cm³/mol. The van der Waals surface area contributed by atoms with Gasteiger partial charge in [-0.25, -0.2) is 0 Å². The summed E-state index contributed by atoms with van der Waals surface area (Å²) in [6.07, 6.45) is 0.784. The number of carbonyl (C=O) groups excluding carboxylic acids is 1. The maximum Gasteiger partial charge on any atom is 0.188 e. The third-order valence-corrected chi connectivity index (χ3v) is 5.60. The topological polar surface area (TPSA) is 35.5 Å². The molecule has 0 aliphatic heterocycles. The molecule has 0 spiro atoms. The first-order valence-electron chi connectivity index (χ1n) is 8.83. The van der Waals surface area contributed by atoms with E-state index in [2.05, 4.69) is 30.3 Å². The van der Waals surface area contributed by atoms with E-state index in [0.29, 0.717) is 8.58 Å². The van der Waals surface area contributed by atoms with Crippen molar-refractivity contribution in [2.45, 2.75) is 13.3 Å². The molecule has 0 heterocycles. The van der Waals surface area contributed by atoms with Gasteiger partial charge in [-0.05, 0) is 23.4 Å². The second-order valence-electron chi connectivity index (χ2n) is 6.23. The van der Waals surface area contributed by atoms with Gasteiger partial charge in [0, 0.05) is 24.4 Å². The fraction of sp³-hybridized carbons (Fsp3) is 0.174. The molecule has 0 fully saturated rings. The van der Waals surface area contributed by atoms with Gasteiger partial charge in [-0.3, -0.25) is 4.79 Å². The van der Waals surface area contributed by atoms with Crippen LogP contribution in [-0.2, 0) is 11.2 Å². The highest BCUT2D eigenvalue weighted by molar-refractivity contribution is 7.56. The molecule has 3 nitrogen and oxygen atoms in total. The molecule has 3 rings (SSSR count). The smallest absolute Gasteiger partial charge is 0.188 e. The normalized spacial score (nSPS) is 11.0. The number of rotatable bonds is 8. The van der Waals surface area contributed by atoms with Crippen LogP contribution in [0.5, 0.6) is 5.75 Å². The second-order valence-corrected chi connectivity index (χ2v) is 7.56. The highest BCUT2D eigenvalue weighted by Crippen LogP contribution is 2.27. The van der Waals surface area contributed by atoms with Crippen molar-refractivity contribution in [2.75, 3.05) is 13.9 Å². The first kappa shape index (κ1) is 19.3. The van der Waals surface area contributed by atoms with Crippen LogP contribution in [0.1, 0.15) is 28.4 Å². The summed E-state index contributed by atoms with van der Waals surface area (Å²) in [6, 6.07) is 24.3. The summed E-state index contributed by atoms with van der Waals surface area (Å²) < 4.78 is 11.1. The van der Waals surface area contributed by atoms with Crippen molar-refractivity contribution >= 4 is 25.0 Å². The number of hydrogen-bond donors (Lipinski definition) is 0. The number of Topliss-reactive ketones (excluding diaryl/α,β-unsaturated/α-hetero) is 1. The molecule has 4 heteroatoms. The number of ether oxygens (including phenoxy) is 2. The van der Waals surface area contributed by atoms with Crippen molar-refractivity contribution in [1.82, 2.24) is 0 Å². The van der Waals surface area contributed by atoms with Crippen LogP contribution in [0.25, 0.3) is 0 Å². The van der Waals surface area contributed by atoms with Crippen LogP contribution in [0, 0.1) is 0 Å². The average molecular weight is 378 g/mol. The molecule has 0 saturated heterocycles. The third kappa shape index (κ3) is 5.03. The van der Waals surface area contributed by atoms with E-state index in [9.17, 15) is 4.79 Å². The van der Waals surface area contributed by atoms with Gasteiger partial charge in [-0.2, -0.15) is 0 Å². The summed E-state index contributed by atoms with van der Waals surface area (Å²) in [4.78, 5) is 12.0. The zero-order valence-electron chi connectivity index (χ0n) is 15.6. The molecule has 0 N–H and O–H groups in total. The molecule has 0 bridgehead atoms. The molecule has 1 atom stereocenters. The van der Waals surface area contributed by atoms with Gasteiger partial charge in [0.1, 0.15) is 5.75 Å². The molecule has 0 saturated carbocycles. The Hall–Kier alpha value is -2.48. The lowest BCUT2D eigenvalue weighted by atomic mass is 10.0. The predicted octanol–water partition coefficient (Wildman–Crippen LogP) is 4.09. The quantitative estimate of drug-likeness (QED) is 0.336. The number of carbonyl (C=O) groups is 1. The van der Waals surface area contributed by atoms with Gasteiger partial charge in [0.25, 0.3) is 0 Å². The second kappa shape index (κ2) is 9.45. The van der Waals surface area contributed by atoms with E-state index in [1.807, 2.05) is 42.5 Å². The Balaban J connectivity index is 1.97. The molecule has 138 valence electrons. The van der Waals surface area contributed by atoms with E-state index in [1.165, 1.54) is 5.56 Å². The Labute approximate surface area is 162 Å². The summed E-state index contributed by atoms with van der Waals surface area (Å²) in [6.45, 7) is 1.80.